The van der Waals surface area contributed by atoms with Gasteiger partial charge < -0.3 is 5.73 Å². The molecule has 0 amide bonds. The fourth-order valence-electron chi connectivity index (χ4n) is 1.04. The van der Waals surface area contributed by atoms with Gasteiger partial charge in [-0.15, -0.1) is 10.2 Å². The first-order valence-electron chi connectivity index (χ1n) is 3.84. The average Bonchev–Trinajstić information content (AvgIpc) is 2.65. The van der Waals surface area contributed by atoms with Crippen LogP contribution in [0.5, 0.6) is 0 Å². The van der Waals surface area contributed by atoms with Crippen molar-refractivity contribution in [3.8, 4) is 11.9 Å². The third-order valence-electron chi connectivity index (χ3n) is 1.65. The number of nitrogens with two attached hydrogens (primary N) is 1. The maximum absolute atomic E-state index is 8.80. The molecule has 0 aliphatic rings. The van der Waals surface area contributed by atoms with Crippen molar-refractivity contribution < 1.29 is 0 Å². The van der Waals surface area contributed by atoms with Crippen LogP contribution in [0.3, 0.4) is 0 Å². The standard InChI is InChI=1S/C8H6N6/c9-5-6-1-3-11-12-8(6)14-4-2-7(10)13-14/h1-4H,(H2,10,13). The second kappa shape index (κ2) is 3.14. The number of nitrogens with zero attached hydrogens (tertiary/aromatic N) is 5. The third-order valence-corrected chi connectivity index (χ3v) is 1.65. The highest BCUT2D eigenvalue weighted by Crippen LogP contribution is 2.08. The first-order chi connectivity index (χ1) is 6.81. The van der Waals surface area contributed by atoms with Crippen LogP contribution in [0, 0.1) is 11.3 Å². The van der Waals surface area contributed by atoms with Gasteiger partial charge >= 0.3 is 0 Å². The summed E-state index contributed by atoms with van der Waals surface area (Å²) in [6, 6.07) is 5.19. The molecular formula is C8H6N6. The quantitative estimate of drug-likeness (QED) is 0.682. The lowest BCUT2D eigenvalue weighted by Gasteiger charge is -1.99. The van der Waals surface area contributed by atoms with E-state index in [0.717, 1.165) is 0 Å². The zero-order chi connectivity index (χ0) is 9.97. The Balaban J connectivity index is 2.57. The average molecular weight is 186 g/mol. The summed E-state index contributed by atoms with van der Waals surface area (Å²) < 4.78 is 1.42. The Hall–Kier alpha value is -2.42. The van der Waals surface area contributed by atoms with Gasteiger partial charge in [-0.2, -0.15) is 10.4 Å². The number of hydrogen-bond acceptors (Lipinski definition) is 5. The predicted molar refractivity (Wildman–Crippen MR) is 48.3 cm³/mol. The lowest BCUT2D eigenvalue weighted by molar-refractivity contribution is 0.814. The molecule has 0 saturated heterocycles. The van der Waals surface area contributed by atoms with Crippen LogP contribution in [0.1, 0.15) is 5.56 Å². The Morgan fingerprint density at radius 2 is 2.29 bits per heavy atom. The fourth-order valence-corrected chi connectivity index (χ4v) is 1.04. The molecular weight excluding hydrogens is 180 g/mol. The maximum Gasteiger partial charge on any atom is 0.193 e. The van der Waals surface area contributed by atoms with Crippen LogP contribution < -0.4 is 5.73 Å². The van der Waals surface area contributed by atoms with Crippen LogP contribution in [-0.2, 0) is 0 Å². The minimum atomic E-state index is 0.375. The zero-order valence-electron chi connectivity index (χ0n) is 7.12. The summed E-state index contributed by atoms with van der Waals surface area (Å²) in [6.45, 7) is 0. The summed E-state index contributed by atoms with van der Waals surface area (Å²) in [7, 11) is 0. The molecule has 2 N–H and O–H groups in total. The monoisotopic (exact) mass is 186 g/mol. The van der Waals surface area contributed by atoms with Crippen molar-refractivity contribution in [1.29, 1.82) is 5.26 Å². The van der Waals surface area contributed by atoms with E-state index >= 15 is 0 Å². The Labute approximate surface area is 79.6 Å². The van der Waals surface area contributed by atoms with Gasteiger partial charge in [0.15, 0.2) is 5.82 Å². The van der Waals surface area contributed by atoms with Crippen molar-refractivity contribution in [2.24, 2.45) is 0 Å². The Bertz CT molecular complexity index is 495. The summed E-state index contributed by atoms with van der Waals surface area (Å²) in [5.74, 6) is 0.756. The summed E-state index contributed by atoms with van der Waals surface area (Å²) >= 11 is 0. The van der Waals surface area contributed by atoms with Gasteiger partial charge in [-0.25, -0.2) is 4.68 Å². The van der Waals surface area contributed by atoms with Crippen molar-refractivity contribution in [3.05, 3.63) is 30.1 Å². The minimum Gasteiger partial charge on any atom is -0.382 e. The molecule has 2 aromatic rings. The summed E-state index contributed by atoms with van der Waals surface area (Å²) in [5.41, 5.74) is 5.85. The fraction of sp³-hybridized carbons (Fsp3) is 0. The molecule has 14 heavy (non-hydrogen) atoms. The Morgan fingerprint density at radius 3 is 2.93 bits per heavy atom. The largest absolute Gasteiger partial charge is 0.382 e. The lowest BCUT2D eigenvalue weighted by Crippen LogP contribution is -2.03. The highest BCUT2D eigenvalue weighted by Gasteiger charge is 2.06. The molecule has 68 valence electrons. The lowest BCUT2D eigenvalue weighted by atomic mass is 10.3. The van der Waals surface area contributed by atoms with Crippen LogP contribution in [0.2, 0.25) is 0 Å². The van der Waals surface area contributed by atoms with Gasteiger partial charge in [0.05, 0.1) is 6.20 Å². The van der Waals surface area contributed by atoms with Crippen molar-refractivity contribution in [2.75, 3.05) is 5.73 Å². The van der Waals surface area contributed by atoms with E-state index in [2.05, 4.69) is 15.3 Å². The van der Waals surface area contributed by atoms with Gasteiger partial charge in [0.1, 0.15) is 17.5 Å². The van der Waals surface area contributed by atoms with E-state index in [9.17, 15) is 0 Å². The van der Waals surface area contributed by atoms with E-state index < -0.39 is 0 Å². The smallest absolute Gasteiger partial charge is 0.193 e. The minimum absolute atomic E-state index is 0.375. The Kier molecular flexibility index (Phi) is 1.84. The van der Waals surface area contributed by atoms with E-state index in [1.807, 2.05) is 6.07 Å². The van der Waals surface area contributed by atoms with Crippen LogP contribution in [0.25, 0.3) is 5.82 Å². The molecule has 0 aromatic carbocycles. The highest BCUT2D eigenvalue weighted by molar-refractivity contribution is 5.42. The number of hydrogen-bond donors (Lipinski definition) is 1. The van der Waals surface area contributed by atoms with Crippen LogP contribution >= 0.6 is 0 Å². The molecule has 2 heterocycles. The number of aromatic nitrogens is 4. The summed E-state index contributed by atoms with van der Waals surface area (Å²) in [6.07, 6.45) is 3.08. The summed E-state index contributed by atoms with van der Waals surface area (Å²) in [4.78, 5) is 0. The molecule has 0 atom stereocenters. The van der Waals surface area contributed by atoms with Gasteiger partial charge in [0.25, 0.3) is 0 Å². The van der Waals surface area contributed by atoms with Gasteiger partial charge in [-0.05, 0) is 6.07 Å². The van der Waals surface area contributed by atoms with Crippen molar-refractivity contribution >= 4 is 5.82 Å². The molecule has 0 aliphatic heterocycles. The molecule has 6 nitrogen and oxygen atoms in total. The van der Waals surface area contributed by atoms with E-state index in [0.29, 0.717) is 17.2 Å². The second-order valence-electron chi connectivity index (χ2n) is 2.57. The SMILES string of the molecule is N#Cc1ccnnc1-n1ccc(N)n1. The van der Waals surface area contributed by atoms with E-state index in [-0.39, 0.29) is 0 Å². The number of nitrogen functional groups attached to an aromatic ring is 1. The molecule has 0 saturated carbocycles. The first kappa shape index (κ1) is 8.19. The molecule has 0 radical (unpaired) electrons. The predicted octanol–water partition coefficient (Wildman–Crippen LogP) is 0.116. The summed E-state index contributed by atoms with van der Waals surface area (Å²) in [5, 5.41) is 20.2. The normalized spacial score (nSPS) is 9.64. The molecule has 0 spiro atoms. The topological polar surface area (TPSA) is 93.4 Å². The second-order valence-corrected chi connectivity index (χ2v) is 2.57. The molecule has 0 aliphatic carbocycles. The Morgan fingerprint density at radius 1 is 1.43 bits per heavy atom. The van der Waals surface area contributed by atoms with Gasteiger partial charge in [0.2, 0.25) is 0 Å². The number of anilines is 1. The van der Waals surface area contributed by atoms with Crippen molar-refractivity contribution in [3.63, 3.8) is 0 Å². The molecule has 2 rings (SSSR count). The van der Waals surface area contributed by atoms with Crippen molar-refractivity contribution in [2.45, 2.75) is 0 Å². The van der Waals surface area contributed by atoms with E-state index in [1.54, 1.807) is 18.3 Å². The van der Waals surface area contributed by atoms with Gasteiger partial charge in [-0.1, -0.05) is 0 Å². The molecule has 0 fully saturated rings. The molecule has 6 heteroatoms. The molecule has 0 bridgehead atoms. The maximum atomic E-state index is 8.80. The van der Waals surface area contributed by atoms with E-state index in [1.165, 1.54) is 10.9 Å². The van der Waals surface area contributed by atoms with E-state index in [4.69, 9.17) is 11.0 Å². The highest BCUT2D eigenvalue weighted by atomic mass is 15.3. The third kappa shape index (κ3) is 1.27. The van der Waals surface area contributed by atoms with Gasteiger partial charge in [0, 0.05) is 12.3 Å². The number of nitriles is 1. The van der Waals surface area contributed by atoms with Crippen LogP contribution in [-0.4, -0.2) is 20.0 Å². The molecule has 2 aromatic heterocycles. The van der Waals surface area contributed by atoms with Crippen LogP contribution in [0.4, 0.5) is 5.82 Å². The molecule has 0 unspecified atom stereocenters. The zero-order valence-corrected chi connectivity index (χ0v) is 7.12. The van der Waals surface area contributed by atoms with Crippen molar-refractivity contribution in [1.82, 2.24) is 20.0 Å². The first-order valence-corrected chi connectivity index (χ1v) is 3.84. The van der Waals surface area contributed by atoms with Gasteiger partial charge in [-0.3, -0.25) is 0 Å². The van der Waals surface area contributed by atoms with Crippen LogP contribution in [0.15, 0.2) is 24.5 Å². The number of rotatable bonds is 1.